The third kappa shape index (κ3) is 3.11. The molecule has 2 N–H and O–H groups in total. The molecule has 0 aliphatic heterocycles. The molecule has 3 unspecified atom stereocenters. The van der Waals surface area contributed by atoms with Gasteiger partial charge in [0.15, 0.2) is 0 Å². The van der Waals surface area contributed by atoms with E-state index in [1.54, 1.807) is 0 Å². The van der Waals surface area contributed by atoms with Gasteiger partial charge >= 0.3 is 0 Å². The molecule has 0 amide bonds. The number of benzene rings is 1. The van der Waals surface area contributed by atoms with Crippen molar-refractivity contribution in [2.75, 3.05) is 5.32 Å². The molecule has 19 heavy (non-hydrogen) atoms. The maximum atomic E-state index is 9.06. The third-order valence-corrected chi connectivity index (χ3v) is 5.05. The first-order valence-corrected chi connectivity index (χ1v) is 7.81. The Kier molecular flexibility index (Phi) is 4.07. The van der Waals surface area contributed by atoms with E-state index in [1.807, 2.05) is 12.1 Å². The lowest BCUT2D eigenvalue weighted by atomic mass is 9.69. The summed E-state index contributed by atoms with van der Waals surface area (Å²) in [5.41, 5.74) is 2.19. The van der Waals surface area contributed by atoms with Gasteiger partial charge < -0.3 is 10.4 Å². The number of aliphatic hydroxyl groups excluding tert-OH is 1. The Morgan fingerprint density at radius 2 is 1.68 bits per heavy atom. The normalized spacial score (nSPS) is 30.7. The van der Waals surface area contributed by atoms with Gasteiger partial charge in [0.05, 0.1) is 6.61 Å². The van der Waals surface area contributed by atoms with E-state index in [-0.39, 0.29) is 6.61 Å². The molecule has 1 aromatic carbocycles. The molecule has 2 saturated carbocycles. The molecular formula is C17H25NO. The van der Waals surface area contributed by atoms with Crippen LogP contribution in [0.2, 0.25) is 0 Å². The Hall–Kier alpha value is -1.02. The molecule has 0 saturated heterocycles. The van der Waals surface area contributed by atoms with Gasteiger partial charge in [-0.05, 0) is 48.8 Å². The summed E-state index contributed by atoms with van der Waals surface area (Å²) in [4.78, 5) is 0. The molecule has 2 heteroatoms. The van der Waals surface area contributed by atoms with E-state index in [0.29, 0.717) is 6.04 Å². The van der Waals surface area contributed by atoms with Crippen LogP contribution in [0.3, 0.4) is 0 Å². The SMILES string of the molecule is OCc1ccc(NC2CCC3CCCCC3C2)cc1. The van der Waals surface area contributed by atoms with Crippen LogP contribution < -0.4 is 5.32 Å². The second-order valence-electron chi connectivity index (χ2n) is 6.31. The second kappa shape index (κ2) is 5.96. The summed E-state index contributed by atoms with van der Waals surface area (Å²) in [6.45, 7) is 0.132. The summed E-state index contributed by atoms with van der Waals surface area (Å²) >= 11 is 0. The van der Waals surface area contributed by atoms with Crippen molar-refractivity contribution in [3.63, 3.8) is 0 Å². The molecule has 0 radical (unpaired) electrons. The number of fused-ring (bicyclic) bond motifs is 1. The summed E-state index contributed by atoms with van der Waals surface area (Å²) in [5.74, 6) is 1.99. The van der Waals surface area contributed by atoms with E-state index in [2.05, 4.69) is 17.4 Å². The highest BCUT2D eigenvalue weighted by atomic mass is 16.3. The lowest BCUT2D eigenvalue weighted by Gasteiger charge is -2.39. The number of hydrogen-bond donors (Lipinski definition) is 2. The minimum atomic E-state index is 0.132. The van der Waals surface area contributed by atoms with Crippen molar-refractivity contribution < 1.29 is 5.11 Å². The smallest absolute Gasteiger partial charge is 0.0681 e. The van der Waals surface area contributed by atoms with Gasteiger partial charge in [0.1, 0.15) is 0 Å². The molecular weight excluding hydrogens is 234 g/mol. The average Bonchev–Trinajstić information content (AvgIpc) is 2.48. The monoisotopic (exact) mass is 259 g/mol. The number of hydrogen-bond acceptors (Lipinski definition) is 2. The Balaban J connectivity index is 1.57. The highest BCUT2D eigenvalue weighted by Crippen LogP contribution is 2.41. The summed E-state index contributed by atoms with van der Waals surface area (Å²) < 4.78 is 0. The first kappa shape index (κ1) is 13.0. The van der Waals surface area contributed by atoms with E-state index >= 15 is 0 Å². The lowest BCUT2D eigenvalue weighted by Crippen LogP contribution is -2.34. The average molecular weight is 259 g/mol. The highest BCUT2D eigenvalue weighted by molar-refractivity contribution is 5.45. The zero-order chi connectivity index (χ0) is 13.1. The zero-order valence-electron chi connectivity index (χ0n) is 11.6. The molecule has 3 rings (SSSR count). The number of aliphatic hydroxyl groups is 1. The fourth-order valence-electron chi connectivity index (χ4n) is 3.95. The minimum Gasteiger partial charge on any atom is -0.392 e. The first-order chi connectivity index (χ1) is 9.35. The number of rotatable bonds is 3. The minimum absolute atomic E-state index is 0.132. The van der Waals surface area contributed by atoms with Crippen LogP contribution in [0.5, 0.6) is 0 Å². The summed E-state index contributed by atoms with van der Waals surface area (Å²) in [6, 6.07) is 8.86. The zero-order valence-corrected chi connectivity index (χ0v) is 11.6. The van der Waals surface area contributed by atoms with Crippen molar-refractivity contribution in [2.24, 2.45) is 11.8 Å². The standard InChI is InChI=1S/C17H25NO/c19-12-13-5-8-16(9-6-13)18-17-10-7-14-3-1-2-4-15(14)11-17/h5-6,8-9,14-15,17-19H,1-4,7,10-12H2. The Bertz CT molecular complexity index is 400. The van der Waals surface area contributed by atoms with Crippen LogP contribution in [0.15, 0.2) is 24.3 Å². The maximum absolute atomic E-state index is 9.06. The molecule has 0 bridgehead atoms. The van der Waals surface area contributed by atoms with Gasteiger partial charge in [-0.1, -0.05) is 37.8 Å². The van der Waals surface area contributed by atoms with E-state index in [4.69, 9.17) is 5.11 Å². The maximum Gasteiger partial charge on any atom is 0.0681 e. The van der Waals surface area contributed by atoms with E-state index in [1.165, 1.54) is 50.6 Å². The van der Waals surface area contributed by atoms with Crippen LogP contribution >= 0.6 is 0 Å². The van der Waals surface area contributed by atoms with Crippen LogP contribution in [-0.2, 0) is 6.61 Å². The fraction of sp³-hybridized carbons (Fsp3) is 0.647. The summed E-state index contributed by atoms with van der Waals surface area (Å²) in [6.07, 6.45) is 9.92. The van der Waals surface area contributed by atoms with E-state index in [9.17, 15) is 0 Å². The van der Waals surface area contributed by atoms with E-state index in [0.717, 1.165) is 17.4 Å². The van der Waals surface area contributed by atoms with Crippen LogP contribution in [-0.4, -0.2) is 11.1 Å². The number of anilines is 1. The Morgan fingerprint density at radius 1 is 0.947 bits per heavy atom. The molecule has 104 valence electrons. The lowest BCUT2D eigenvalue weighted by molar-refractivity contribution is 0.162. The van der Waals surface area contributed by atoms with Gasteiger partial charge in [-0.15, -0.1) is 0 Å². The van der Waals surface area contributed by atoms with Gasteiger partial charge in [-0.25, -0.2) is 0 Å². The van der Waals surface area contributed by atoms with Crippen molar-refractivity contribution in [3.05, 3.63) is 29.8 Å². The summed E-state index contributed by atoms with van der Waals surface area (Å²) in [7, 11) is 0. The molecule has 0 spiro atoms. The van der Waals surface area contributed by atoms with Gasteiger partial charge in [0.25, 0.3) is 0 Å². The number of nitrogens with one attached hydrogen (secondary N) is 1. The van der Waals surface area contributed by atoms with Crippen molar-refractivity contribution in [1.82, 2.24) is 0 Å². The van der Waals surface area contributed by atoms with Crippen LogP contribution in [0, 0.1) is 11.8 Å². The van der Waals surface area contributed by atoms with Gasteiger partial charge in [0, 0.05) is 11.7 Å². The van der Waals surface area contributed by atoms with E-state index < -0.39 is 0 Å². The predicted octanol–water partition coefficient (Wildman–Crippen LogP) is 3.95. The second-order valence-corrected chi connectivity index (χ2v) is 6.31. The van der Waals surface area contributed by atoms with Gasteiger partial charge in [0.2, 0.25) is 0 Å². The molecule has 0 aromatic heterocycles. The molecule has 2 aliphatic carbocycles. The highest BCUT2D eigenvalue weighted by Gasteiger charge is 2.31. The van der Waals surface area contributed by atoms with Gasteiger partial charge in [-0.3, -0.25) is 0 Å². The molecule has 0 heterocycles. The molecule has 1 aromatic rings. The van der Waals surface area contributed by atoms with Crippen LogP contribution in [0.4, 0.5) is 5.69 Å². The van der Waals surface area contributed by atoms with Crippen LogP contribution in [0.1, 0.15) is 50.5 Å². The topological polar surface area (TPSA) is 32.3 Å². The molecule has 2 fully saturated rings. The largest absolute Gasteiger partial charge is 0.392 e. The Labute approximate surface area is 116 Å². The third-order valence-electron chi connectivity index (χ3n) is 5.05. The molecule has 3 atom stereocenters. The van der Waals surface area contributed by atoms with Crippen molar-refractivity contribution in [1.29, 1.82) is 0 Å². The quantitative estimate of drug-likeness (QED) is 0.861. The Morgan fingerprint density at radius 3 is 2.42 bits per heavy atom. The molecule has 2 nitrogen and oxygen atoms in total. The van der Waals surface area contributed by atoms with Gasteiger partial charge in [-0.2, -0.15) is 0 Å². The van der Waals surface area contributed by atoms with Crippen molar-refractivity contribution >= 4 is 5.69 Å². The van der Waals surface area contributed by atoms with Crippen molar-refractivity contribution in [2.45, 2.75) is 57.6 Å². The fourth-order valence-corrected chi connectivity index (χ4v) is 3.95. The summed E-state index contributed by atoms with van der Waals surface area (Å²) in [5, 5.41) is 12.7. The first-order valence-electron chi connectivity index (χ1n) is 7.81. The molecule has 2 aliphatic rings. The predicted molar refractivity (Wildman–Crippen MR) is 79.1 cm³/mol. The van der Waals surface area contributed by atoms with Crippen molar-refractivity contribution in [3.8, 4) is 0 Å². The van der Waals surface area contributed by atoms with Crippen LogP contribution in [0.25, 0.3) is 0 Å².